The molecule has 0 N–H and O–H groups in total. The van der Waals surface area contributed by atoms with E-state index in [0.29, 0.717) is 0 Å². The smallest absolute Gasteiger partial charge is 0.132 e. The van der Waals surface area contributed by atoms with Crippen LogP contribution < -0.4 is 0 Å². The van der Waals surface area contributed by atoms with Crippen LogP contribution in [0, 0.1) is 10.5 Å². The van der Waals surface area contributed by atoms with Gasteiger partial charge in [0.1, 0.15) is 5.82 Å². The molecule has 0 radical (unpaired) electrons. The highest BCUT2D eigenvalue weighted by atomic mass is 127. The van der Waals surface area contributed by atoms with Crippen LogP contribution in [-0.4, -0.2) is 9.55 Å². The lowest BCUT2D eigenvalue weighted by molar-refractivity contribution is 0.882. The number of fused-ring (bicyclic) bond motifs is 1. The Morgan fingerprint density at radius 1 is 1.20 bits per heavy atom. The summed E-state index contributed by atoms with van der Waals surface area (Å²) >= 11 is 8.65. The largest absolute Gasteiger partial charge is 0.295 e. The maximum atomic E-state index is 6.32. The Hall–Kier alpha value is -1.07. The number of hydrogen-bond donors (Lipinski definition) is 0. The molecule has 3 rings (SSSR count). The first kappa shape index (κ1) is 13.9. The molecule has 0 saturated carbocycles. The summed E-state index contributed by atoms with van der Waals surface area (Å²) in [7, 11) is 0. The van der Waals surface area contributed by atoms with Crippen LogP contribution in [0.1, 0.15) is 23.7 Å². The number of halogens is 2. The molecule has 0 spiro atoms. The number of nitrogens with zero attached hydrogens (tertiary/aromatic N) is 2. The highest BCUT2D eigenvalue weighted by Crippen LogP contribution is 2.29. The van der Waals surface area contributed by atoms with Crippen LogP contribution in [0.25, 0.3) is 16.7 Å². The maximum Gasteiger partial charge on any atom is 0.132 e. The van der Waals surface area contributed by atoms with Crippen LogP contribution in [-0.2, 0) is 0 Å². The number of hydrogen-bond acceptors (Lipinski definition) is 1. The van der Waals surface area contributed by atoms with Gasteiger partial charge >= 0.3 is 0 Å². The molecule has 20 heavy (non-hydrogen) atoms. The lowest BCUT2D eigenvalue weighted by atomic mass is 10.2. The van der Waals surface area contributed by atoms with Crippen molar-refractivity contribution in [1.82, 2.24) is 9.55 Å². The van der Waals surface area contributed by atoms with E-state index in [0.717, 1.165) is 22.5 Å². The zero-order valence-electron chi connectivity index (χ0n) is 11.3. The highest BCUT2D eigenvalue weighted by molar-refractivity contribution is 14.1. The van der Waals surface area contributed by atoms with Gasteiger partial charge in [-0.25, -0.2) is 4.98 Å². The summed E-state index contributed by atoms with van der Waals surface area (Å²) in [5.74, 6) is 0.884. The van der Waals surface area contributed by atoms with Crippen LogP contribution in [0.15, 0.2) is 42.5 Å². The minimum absolute atomic E-state index is 0.138. The van der Waals surface area contributed by atoms with Gasteiger partial charge in [-0.15, -0.1) is 11.6 Å². The second-order valence-corrected chi connectivity index (χ2v) is 6.79. The summed E-state index contributed by atoms with van der Waals surface area (Å²) in [6, 6.07) is 14.7. The first-order valence-corrected chi connectivity index (χ1v) is 7.97. The van der Waals surface area contributed by atoms with Gasteiger partial charge in [0, 0.05) is 9.26 Å². The van der Waals surface area contributed by atoms with Crippen molar-refractivity contribution in [2.75, 3.05) is 0 Å². The van der Waals surface area contributed by atoms with Gasteiger partial charge in [0.15, 0.2) is 0 Å². The average Bonchev–Trinajstić information content (AvgIpc) is 2.77. The minimum Gasteiger partial charge on any atom is -0.295 e. The van der Waals surface area contributed by atoms with Crippen molar-refractivity contribution >= 4 is 45.2 Å². The van der Waals surface area contributed by atoms with E-state index in [4.69, 9.17) is 11.6 Å². The Kier molecular flexibility index (Phi) is 3.73. The fraction of sp³-hybridized carbons (Fsp3) is 0.188. The molecule has 3 aromatic rings. The van der Waals surface area contributed by atoms with E-state index in [1.54, 1.807) is 0 Å². The molecule has 0 aliphatic heterocycles. The van der Waals surface area contributed by atoms with Gasteiger partial charge in [0.05, 0.1) is 16.4 Å². The Bertz CT molecular complexity index is 777. The van der Waals surface area contributed by atoms with Crippen molar-refractivity contribution in [2.24, 2.45) is 0 Å². The quantitative estimate of drug-likeness (QED) is 0.428. The summed E-state index contributed by atoms with van der Waals surface area (Å²) in [5.41, 5.74) is 4.41. The zero-order chi connectivity index (χ0) is 14.3. The Balaban J connectivity index is 2.36. The summed E-state index contributed by atoms with van der Waals surface area (Å²) < 4.78 is 3.35. The molecule has 2 aromatic carbocycles. The topological polar surface area (TPSA) is 17.8 Å². The van der Waals surface area contributed by atoms with Crippen LogP contribution in [0.2, 0.25) is 0 Å². The van der Waals surface area contributed by atoms with E-state index in [9.17, 15) is 0 Å². The Morgan fingerprint density at radius 3 is 2.70 bits per heavy atom. The normalized spacial score (nSPS) is 12.8. The molecule has 2 nitrogen and oxygen atoms in total. The van der Waals surface area contributed by atoms with Gasteiger partial charge in [0.2, 0.25) is 0 Å². The maximum absolute atomic E-state index is 6.32. The Morgan fingerprint density at radius 2 is 2.00 bits per heavy atom. The SMILES string of the molecule is Cc1ccc2nc(C(C)Cl)n(-c3cccc(I)c3)c2c1. The summed E-state index contributed by atoms with van der Waals surface area (Å²) in [5, 5.41) is -0.138. The van der Waals surface area contributed by atoms with Gasteiger partial charge in [-0.2, -0.15) is 0 Å². The lowest BCUT2D eigenvalue weighted by Crippen LogP contribution is -2.02. The molecule has 1 heterocycles. The monoisotopic (exact) mass is 396 g/mol. The van der Waals surface area contributed by atoms with Crippen molar-refractivity contribution in [3.8, 4) is 5.69 Å². The third-order valence-corrected chi connectivity index (χ3v) is 4.12. The molecule has 0 aliphatic carbocycles. The van der Waals surface area contributed by atoms with Crippen LogP contribution >= 0.6 is 34.2 Å². The first-order chi connectivity index (χ1) is 9.56. The molecule has 102 valence electrons. The van der Waals surface area contributed by atoms with Crippen LogP contribution in [0.4, 0.5) is 0 Å². The van der Waals surface area contributed by atoms with Gasteiger partial charge in [-0.3, -0.25) is 4.57 Å². The van der Waals surface area contributed by atoms with E-state index in [-0.39, 0.29) is 5.38 Å². The molecule has 0 amide bonds. The molecule has 1 unspecified atom stereocenters. The predicted molar refractivity (Wildman–Crippen MR) is 92.8 cm³/mol. The third-order valence-electron chi connectivity index (χ3n) is 3.26. The fourth-order valence-corrected chi connectivity index (χ4v) is 3.03. The second kappa shape index (κ2) is 5.37. The van der Waals surface area contributed by atoms with Gasteiger partial charge in [-0.1, -0.05) is 12.1 Å². The van der Waals surface area contributed by atoms with Crippen LogP contribution in [0.3, 0.4) is 0 Å². The summed E-state index contributed by atoms with van der Waals surface area (Å²) in [6.07, 6.45) is 0. The van der Waals surface area contributed by atoms with Crippen molar-refractivity contribution in [3.63, 3.8) is 0 Å². The zero-order valence-corrected chi connectivity index (χ0v) is 14.2. The van der Waals surface area contributed by atoms with Gasteiger partial charge < -0.3 is 0 Å². The molecule has 0 bridgehead atoms. The number of aryl methyl sites for hydroxylation is 1. The molecule has 0 fully saturated rings. The number of alkyl halides is 1. The second-order valence-electron chi connectivity index (χ2n) is 4.89. The van der Waals surface area contributed by atoms with Crippen molar-refractivity contribution in [1.29, 1.82) is 0 Å². The molecule has 1 atom stereocenters. The summed E-state index contributed by atoms with van der Waals surface area (Å²) in [4.78, 5) is 4.69. The van der Waals surface area contributed by atoms with E-state index in [2.05, 4.69) is 81.5 Å². The molecule has 0 saturated heterocycles. The summed E-state index contributed by atoms with van der Waals surface area (Å²) in [6.45, 7) is 4.05. The van der Waals surface area contributed by atoms with Gasteiger partial charge in [0.25, 0.3) is 0 Å². The number of rotatable bonds is 2. The number of imidazole rings is 1. The molecular formula is C16H14ClIN2. The van der Waals surface area contributed by atoms with E-state index >= 15 is 0 Å². The van der Waals surface area contributed by atoms with Crippen molar-refractivity contribution < 1.29 is 0 Å². The van der Waals surface area contributed by atoms with Crippen molar-refractivity contribution in [3.05, 3.63) is 57.4 Å². The van der Waals surface area contributed by atoms with E-state index < -0.39 is 0 Å². The van der Waals surface area contributed by atoms with Gasteiger partial charge in [-0.05, 0) is 72.3 Å². The van der Waals surface area contributed by atoms with Crippen molar-refractivity contribution in [2.45, 2.75) is 19.2 Å². The first-order valence-electron chi connectivity index (χ1n) is 6.45. The molecule has 1 aromatic heterocycles. The Labute approximate surface area is 136 Å². The number of benzene rings is 2. The van der Waals surface area contributed by atoms with E-state index in [1.165, 1.54) is 9.13 Å². The molecule has 4 heteroatoms. The fourth-order valence-electron chi connectivity index (χ4n) is 2.36. The van der Waals surface area contributed by atoms with E-state index in [1.807, 2.05) is 6.92 Å². The van der Waals surface area contributed by atoms with Crippen LogP contribution in [0.5, 0.6) is 0 Å². The molecule has 0 aliphatic rings. The highest BCUT2D eigenvalue weighted by Gasteiger charge is 2.16. The lowest BCUT2D eigenvalue weighted by Gasteiger charge is -2.11. The predicted octanol–water partition coefficient (Wildman–Crippen LogP) is 5.24. The number of aromatic nitrogens is 2. The molecular weight excluding hydrogens is 383 g/mol. The third kappa shape index (κ3) is 2.44. The average molecular weight is 397 g/mol. The standard InChI is InChI=1S/C16H14ClIN2/c1-10-6-7-14-15(8-10)20(16(19-14)11(2)17)13-5-3-4-12(18)9-13/h3-9,11H,1-2H3. The minimum atomic E-state index is -0.138.